The Kier molecular flexibility index (Phi) is 7.22. The normalized spacial score (nSPS) is 11.5. The molecule has 6 nitrogen and oxygen atoms in total. The molecule has 22 heavy (non-hydrogen) atoms. The van der Waals surface area contributed by atoms with Crippen LogP contribution in [-0.4, -0.2) is 38.1 Å². The Balaban J connectivity index is 2.84. The number of ether oxygens (including phenoxy) is 2. The Bertz CT molecular complexity index is 578. The van der Waals surface area contributed by atoms with Gasteiger partial charge in [-0.3, -0.25) is 9.59 Å². The van der Waals surface area contributed by atoms with Crippen LogP contribution in [0.2, 0.25) is 0 Å². The maximum absolute atomic E-state index is 13.7. The van der Waals surface area contributed by atoms with Crippen LogP contribution in [-0.2, 0) is 19.1 Å². The van der Waals surface area contributed by atoms with E-state index >= 15 is 0 Å². The topological polar surface area (TPSA) is 81.7 Å². The maximum atomic E-state index is 13.7. The molecule has 0 unspecified atom stereocenters. The van der Waals surface area contributed by atoms with Gasteiger partial charge in [-0.1, -0.05) is 0 Å². The zero-order valence-corrected chi connectivity index (χ0v) is 14.2. The lowest BCUT2D eigenvalue weighted by molar-refractivity contribution is -0.144. The third kappa shape index (κ3) is 5.24. The van der Waals surface area contributed by atoms with Crippen molar-refractivity contribution < 1.29 is 28.2 Å². The third-order valence-electron chi connectivity index (χ3n) is 2.83. The van der Waals surface area contributed by atoms with E-state index in [9.17, 15) is 18.8 Å². The third-order valence-corrected chi connectivity index (χ3v) is 3.50. The minimum atomic E-state index is -1.06. The fraction of sp³-hybridized carbons (Fsp3) is 0.357. The molecule has 1 aromatic rings. The Hall–Kier alpha value is -1.71. The Labute approximate surface area is 140 Å². The number of halogens is 2. The quantitative estimate of drug-likeness (QED) is 0.556. The van der Waals surface area contributed by atoms with E-state index in [1.807, 2.05) is 22.6 Å². The number of methoxy groups -OCH3 is 2. The highest BCUT2D eigenvalue weighted by Crippen LogP contribution is 2.13. The molecule has 120 valence electrons. The van der Waals surface area contributed by atoms with Crippen LogP contribution in [0.1, 0.15) is 23.2 Å². The van der Waals surface area contributed by atoms with Gasteiger partial charge in [-0.25, -0.2) is 9.18 Å². The monoisotopic (exact) mass is 423 g/mol. The van der Waals surface area contributed by atoms with Crippen LogP contribution in [0, 0.1) is 9.39 Å². The lowest BCUT2D eigenvalue weighted by atomic mass is 10.1. The summed E-state index contributed by atoms with van der Waals surface area (Å²) in [6.45, 7) is 0. The van der Waals surface area contributed by atoms with Gasteiger partial charge in [-0.05, 0) is 47.2 Å². The summed E-state index contributed by atoms with van der Waals surface area (Å²) in [5.74, 6) is -2.70. The minimum absolute atomic E-state index is 0.00334. The number of benzene rings is 1. The van der Waals surface area contributed by atoms with Gasteiger partial charge in [-0.2, -0.15) is 0 Å². The number of rotatable bonds is 6. The summed E-state index contributed by atoms with van der Waals surface area (Å²) in [6, 6.07) is 2.98. The SMILES string of the molecule is COC(=O)CC[C@@H](NC(=O)c1cc(I)ccc1F)C(=O)OC. The van der Waals surface area contributed by atoms with Gasteiger partial charge < -0.3 is 14.8 Å². The van der Waals surface area contributed by atoms with E-state index in [1.54, 1.807) is 0 Å². The zero-order chi connectivity index (χ0) is 16.7. The number of carbonyl (C=O) groups is 3. The molecule has 1 amide bonds. The van der Waals surface area contributed by atoms with Gasteiger partial charge in [0.1, 0.15) is 11.9 Å². The molecule has 0 spiro atoms. The molecular weight excluding hydrogens is 408 g/mol. The van der Waals surface area contributed by atoms with E-state index < -0.39 is 29.7 Å². The molecule has 0 bridgehead atoms. The number of hydrogen-bond acceptors (Lipinski definition) is 5. The summed E-state index contributed by atoms with van der Waals surface area (Å²) in [5.41, 5.74) is -0.182. The van der Waals surface area contributed by atoms with Crippen LogP contribution < -0.4 is 5.32 Å². The predicted octanol–water partition coefficient (Wildman–Crippen LogP) is 1.65. The lowest BCUT2D eigenvalue weighted by Gasteiger charge is -2.16. The number of nitrogens with one attached hydrogen (secondary N) is 1. The molecule has 0 aliphatic carbocycles. The van der Waals surface area contributed by atoms with Crippen molar-refractivity contribution in [3.05, 3.63) is 33.1 Å². The van der Waals surface area contributed by atoms with Gasteiger partial charge in [0.05, 0.1) is 19.8 Å². The minimum Gasteiger partial charge on any atom is -0.469 e. The number of amides is 1. The molecule has 0 heterocycles. The zero-order valence-electron chi connectivity index (χ0n) is 12.0. The Morgan fingerprint density at radius 1 is 1.27 bits per heavy atom. The van der Waals surface area contributed by atoms with Crippen molar-refractivity contribution in [2.45, 2.75) is 18.9 Å². The average Bonchev–Trinajstić information content (AvgIpc) is 2.52. The van der Waals surface area contributed by atoms with Gasteiger partial charge in [0.15, 0.2) is 0 Å². The molecule has 0 radical (unpaired) electrons. The fourth-order valence-electron chi connectivity index (χ4n) is 1.66. The summed E-state index contributed by atoms with van der Waals surface area (Å²) in [6.07, 6.45) is -0.0814. The Morgan fingerprint density at radius 2 is 1.95 bits per heavy atom. The summed E-state index contributed by atoms with van der Waals surface area (Å²) in [5, 5.41) is 2.37. The van der Waals surface area contributed by atoms with Crippen molar-refractivity contribution >= 4 is 40.4 Å². The lowest BCUT2D eigenvalue weighted by Crippen LogP contribution is -2.42. The first-order valence-corrected chi connectivity index (χ1v) is 7.37. The first kappa shape index (κ1) is 18.3. The van der Waals surface area contributed by atoms with Crippen LogP contribution in [0.5, 0.6) is 0 Å². The largest absolute Gasteiger partial charge is 0.469 e. The van der Waals surface area contributed by atoms with Crippen molar-refractivity contribution in [3.8, 4) is 0 Å². The summed E-state index contributed by atoms with van der Waals surface area (Å²) in [7, 11) is 2.38. The average molecular weight is 423 g/mol. The van der Waals surface area contributed by atoms with Gasteiger partial charge in [0.25, 0.3) is 5.91 Å². The van der Waals surface area contributed by atoms with Crippen LogP contribution in [0.25, 0.3) is 0 Å². The summed E-state index contributed by atoms with van der Waals surface area (Å²) < 4.78 is 23.4. The van der Waals surface area contributed by atoms with E-state index in [4.69, 9.17) is 0 Å². The smallest absolute Gasteiger partial charge is 0.328 e. The Morgan fingerprint density at radius 3 is 2.55 bits per heavy atom. The van der Waals surface area contributed by atoms with Crippen LogP contribution in [0.15, 0.2) is 18.2 Å². The molecule has 0 aromatic heterocycles. The van der Waals surface area contributed by atoms with Gasteiger partial charge >= 0.3 is 11.9 Å². The highest BCUT2D eigenvalue weighted by Gasteiger charge is 2.24. The standard InChI is InChI=1S/C14H15FINO5/c1-21-12(18)6-5-11(14(20)22-2)17-13(19)9-7-8(16)3-4-10(9)15/h3-4,7,11H,5-6H2,1-2H3,(H,17,19)/t11-/m1/s1. The molecule has 0 aliphatic rings. The number of hydrogen-bond donors (Lipinski definition) is 1. The van der Waals surface area contributed by atoms with Crippen molar-refractivity contribution in [3.63, 3.8) is 0 Å². The molecule has 1 N–H and O–H groups in total. The second-order valence-electron chi connectivity index (χ2n) is 4.29. The van der Waals surface area contributed by atoms with Crippen molar-refractivity contribution in [2.75, 3.05) is 14.2 Å². The van der Waals surface area contributed by atoms with E-state index in [2.05, 4.69) is 14.8 Å². The van der Waals surface area contributed by atoms with Crippen LogP contribution >= 0.6 is 22.6 Å². The maximum Gasteiger partial charge on any atom is 0.328 e. The molecule has 8 heteroatoms. The van der Waals surface area contributed by atoms with Crippen molar-refractivity contribution in [2.24, 2.45) is 0 Å². The second-order valence-corrected chi connectivity index (χ2v) is 5.53. The van der Waals surface area contributed by atoms with E-state index in [0.717, 1.165) is 13.2 Å². The van der Waals surface area contributed by atoms with E-state index in [0.29, 0.717) is 3.57 Å². The molecule has 1 rings (SSSR count). The van der Waals surface area contributed by atoms with Crippen LogP contribution in [0.3, 0.4) is 0 Å². The highest BCUT2D eigenvalue weighted by atomic mass is 127. The molecule has 0 fully saturated rings. The molecule has 1 aromatic carbocycles. The second kappa shape index (κ2) is 8.66. The van der Waals surface area contributed by atoms with E-state index in [1.165, 1.54) is 19.2 Å². The van der Waals surface area contributed by atoms with Gasteiger partial charge in [0, 0.05) is 9.99 Å². The van der Waals surface area contributed by atoms with Crippen molar-refractivity contribution in [1.82, 2.24) is 5.32 Å². The molecule has 0 saturated carbocycles. The molecule has 1 atom stereocenters. The summed E-state index contributed by atoms with van der Waals surface area (Å²) in [4.78, 5) is 34.9. The van der Waals surface area contributed by atoms with E-state index in [-0.39, 0.29) is 18.4 Å². The first-order valence-electron chi connectivity index (χ1n) is 6.29. The van der Waals surface area contributed by atoms with Gasteiger partial charge in [0.2, 0.25) is 0 Å². The highest BCUT2D eigenvalue weighted by molar-refractivity contribution is 14.1. The molecule has 0 aliphatic heterocycles. The van der Waals surface area contributed by atoms with Crippen molar-refractivity contribution in [1.29, 1.82) is 0 Å². The predicted molar refractivity (Wildman–Crippen MR) is 83.6 cm³/mol. The summed E-state index contributed by atoms with van der Waals surface area (Å²) >= 11 is 1.94. The number of esters is 2. The van der Waals surface area contributed by atoms with Gasteiger partial charge in [-0.15, -0.1) is 0 Å². The van der Waals surface area contributed by atoms with Crippen LogP contribution in [0.4, 0.5) is 4.39 Å². The number of carbonyl (C=O) groups excluding carboxylic acids is 3. The first-order chi connectivity index (χ1) is 10.4. The fourth-order valence-corrected chi connectivity index (χ4v) is 2.15. The molecule has 0 saturated heterocycles. The molecular formula is C14H15FINO5.